The number of fused-ring (bicyclic) bond motifs is 5. The molecule has 0 aromatic rings. The van der Waals surface area contributed by atoms with Crippen molar-refractivity contribution in [2.24, 2.45) is 56.2 Å². The van der Waals surface area contributed by atoms with E-state index in [1.807, 2.05) is 0 Å². The molecule has 9 atom stereocenters. The first-order chi connectivity index (χ1) is 18.9. The molecule has 0 heterocycles. The summed E-state index contributed by atoms with van der Waals surface area (Å²) in [6.07, 6.45) is 9.72. The van der Waals surface area contributed by atoms with E-state index in [2.05, 4.69) is 48.5 Å². The summed E-state index contributed by atoms with van der Waals surface area (Å²) in [4.78, 5) is 37.9. The molecular weight excluding hydrogens is 516 g/mol. The van der Waals surface area contributed by atoms with Gasteiger partial charge in [-0.1, -0.05) is 54.9 Å². The highest BCUT2D eigenvalue weighted by molar-refractivity contribution is 5.82. The molecule has 0 bridgehead atoms. The fourth-order valence-electron chi connectivity index (χ4n) is 11.6. The average Bonchev–Trinajstić information content (AvgIpc) is 2.87. The van der Waals surface area contributed by atoms with Crippen molar-refractivity contribution in [1.29, 1.82) is 0 Å². The normalized spacial score (nSPS) is 43.6. The maximum Gasteiger partial charge on any atom is 0.311 e. The van der Waals surface area contributed by atoms with Gasteiger partial charge < -0.3 is 14.6 Å². The lowest BCUT2D eigenvalue weighted by molar-refractivity contribution is -0.250. The fourth-order valence-corrected chi connectivity index (χ4v) is 11.6. The predicted molar refractivity (Wildman–Crippen MR) is 160 cm³/mol. The molecule has 234 valence electrons. The smallest absolute Gasteiger partial charge is 0.311 e. The maximum absolute atomic E-state index is 13.1. The van der Waals surface area contributed by atoms with Crippen molar-refractivity contribution < 1.29 is 29.0 Å². The lowest BCUT2D eigenvalue weighted by atomic mass is 9.32. The quantitative estimate of drug-likeness (QED) is 0.309. The van der Waals surface area contributed by atoms with Crippen LogP contribution in [-0.2, 0) is 23.9 Å². The van der Waals surface area contributed by atoms with Crippen LogP contribution in [0.15, 0.2) is 0 Å². The molecule has 0 radical (unpaired) electrons. The van der Waals surface area contributed by atoms with E-state index in [0.717, 1.165) is 64.2 Å². The van der Waals surface area contributed by atoms with Crippen molar-refractivity contribution in [2.45, 2.75) is 139 Å². The Hall–Kier alpha value is -1.59. The number of methoxy groups -OCH3 is 1. The predicted octanol–water partition coefficient (Wildman–Crippen LogP) is 8.06. The Labute approximate surface area is 249 Å². The molecule has 0 aromatic heterocycles. The molecule has 6 nitrogen and oxygen atoms in total. The second-order valence-electron chi connectivity index (χ2n) is 16.6. The first-order valence-corrected chi connectivity index (χ1v) is 16.4. The van der Waals surface area contributed by atoms with E-state index < -0.39 is 22.8 Å². The highest BCUT2D eigenvalue weighted by Gasteiger charge is 2.70. The first-order valence-electron chi connectivity index (χ1n) is 16.4. The van der Waals surface area contributed by atoms with Crippen molar-refractivity contribution in [3.05, 3.63) is 0 Å². The molecule has 4 fully saturated rings. The van der Waals surface area contributed by atoms with Crippen molar-refractivity contribution in [3.63, 3.8) is 0 Å². The molecular formula is C35H58O6. The summed E-state index contributed by atoms with van der Waals surface area (Å²) in [5, 5.41) is 10.4. The molecule has 0 spiro atoms. The highest BCUT2D eigenvalue weighted by Crippen LogP contribution is 2.75. The third-order valence-corrected chi connectivity index (χ3v) is 14.2. The summed E-state index contributed by atoms with van der Waals surface area (Å²) in [5.41, 5.74) is -1.23. The topological polar surface area (TPSA) is 89.9 Å². The van der Waals surface area contributed by atoms with Gasteiger partial charge in [0.25, 0.3) is 0 Å². The number of hydrogen-bond acceptors (Lipinski definition) is 5. The summed E-state index contributed by atoms with van der Waals surface area (Å²) in [6, 6.07) is 0. The van der Waals surface area contributed by atoms with E-state index in [4.69, 9.17) is 9.47 Å². The molecule has 8 unspecified atom stereocenters. The average molecular weight is 575 g/mol. The zero-order valence-corrected chi connectivity index (χ0v) is 27.7. The summed E-state index contributed by atoms with van der Waals surface area (Å²) in [5.74, 6) is 0.328. The molecule has 1 N–H and O–H groups in total. The van der Waals surface area contributed by atoms with E-state index in [0.29, 0.717) is 17.8 Å². The van der Waals surface area contributed by atoms with Crippen LogP contribution in [-0.4, -0.2) is 36.2 Å². The van der Waals surface area contributed by atoms with E-state index in [1.165, 1.54) is 7.11 Å². The van der Waals surface area contributed by atoms with Crippen LogP contribution in [0.4, 0.5) is 0 Å². The van der Waals surface area contributed by atoms with Crippen molar-refractivity contribution >= 4 is 17.9 Å². The van der Waals surface area contributed by atoms with Gasteiger partial charge in [0.05, 0.1) is 24.4 Å². The van der Waals surface area contributed by atoms with Gasteiger partial charge in [-0.05, 0) is 112 Å². The van der Waals surface area contributed by atoms with E-state index in [9.17, 15) is 19.5 Å². The third-order valence-electron chi connectivity index (χ3n) is 14.2. The largest absolute Gasteiger partial charge is 0.481 e. The Kier molecular flexibility index (Phi) is 8.31. The van der Waals surface area contributed by atoms with Gasteiger partial charge in [-0.15, -0.1) is 0 Å². The standard InChI is InChI=1S/C35H58O6/c1-11-16-35(28(37)38)20-19-33(8)23(22(35)2)12-13-25-32(7)17-15-26(31(5,6)24(32)14-18-34(25,33)9)41-27(36)21-30(3,4)29(39)40-10/h22-26H,11-21H2,1-10H3,(H,37,38)/t22?,23?,24?,25?,26?,32?,33-,34?,35?/m1/s1. The Bertz CT molecular complexity index is 1050. The lowest BCUT2D eigenvalue weighted by Crippen LogP contribution is -2.67. The van der Waals surface area contributed by atoms with Gasteiger partial charge in [-0.2, -0.15) is 0 Å². The molecule has 0 aliphatic heterocycles. The minimum Gasteiger partial charge on any atom is -0.481 e. The van der Waals surface area contributed by atoms with Gasteiger partial charge in [0.1, 0.15) is 6.10 Å². The van der Waals surface area contributed by atoms with Crippen LogP contribution in [0.2, 0.25) is 0 Å². The van der Waals surface area contributed by atoms with Crippen molar-refractivity contribution in [2.75, 3.05) is 7.11 Å². The van der Waals surface area contributed by atoms with Crippen LogP contribution in [0.3, 0.4) is 0 Å². The second-order valence-corrected chi connectivity index (χ2v) is 16.6. The molecule has 4 saturated carbocycles. The Balaban J connectivity index is 1.57. The number of carboxylic acids is 1. The number of carbonyl (C=O) groups excluding carboxylic acids is 2. The number of aliphatic carboxylic acids is 1. The summed E-state index contributed by atoms with van der Waals surface area (Å²) >= 11 is 0. The Morgan fingerprint density at radius 2 is 1.54 bits per heavy atom. The van der Waals surface area contributed by atoms with Crippen LogP contribution in [0.1, 0.15) is 133 Å². The Morgan fingerprint density at radius 1 is 0.878 bits per heavy atom. The monoisotopic (exact) mass is 574 g/mol. The van der Waals surface area contributed by atoms with Crippen LogP contribution in [0.5, 0.6) is 0 Å². The number of carbonyl (C=O) groups is 3. The van der Waals surface area contributed by atoms with E-state index in [1.54, 1.807) is 13.8 Å². The fraction of sp³-hybridized carbons (Fsp3) is 0.914. The molecule has 6 heteroatoms. The molecule has 0 aromatic carbocycles. The number of esters is 2. The number of rotatable bonds is 7. The first kappa shape index (κ1) is 32.3. The molecule has 0 amide bonds. The maximum atomic E-state index is 13.1. The van der Waals surface area contributed by atoms with Crippen LogP contribution in [0, 0.1) is 56.2 Å². The van der Waals surface area contributed by atoms with Gasteiger partial charge >= 0.3 is 17.9 Å². The number of ether oxygens (including phenoxy) is 2. The summed E-state index contributed by atoms with van der Waals surface area (Å²) in [6.45, 7) is 20.0. The molecule has 41 heavy (non-hydrogen) atoms. The minimum atomic E-state index is -0.910. The van der Waals surface area contributed by atoms with E-state index >= 15 is 0 Å². The summed E-state index contributed by atoms with van der Waals surface area (Å²) in [7, 11) is 1.35. The van der Waals surface area contributed by atoms with Gasteiger partial charge in [0, 0.05) is 5.41 Å². The molecule has 0 saturated heterocycles. The number of carboxylic acid groups (broad SMARTS) is 1. The van der Waals surface area contributed by atoms with Crippen molar-refractivity contribution in [3.8, 4) is 0 Å². The van der Waals surface area contributed by atoms with Gasteiger partial charge in [-0.25, -0.2) is 0 Å². The zero-order valence-electron chi connectivity index (χ0n) is 27.7. The van der Waals surface area contributed by atoms with Crippen molar-refractivity contribution in [1.82, 2.24) is 0 Å². The van der Waals surface area contributed by atoms with Crippen LogP contribution in [0.25, 0.3) is 0 Å². The van der Waals surface area contributed by atoms with Gasteiger partial charge in [-0.3, -0.25) is 14.4 Å². The third kappa shape index (κ3) is 4.67. The number of hydrogen-bond donors (Lipinski definition) is 1. The minimum absolute atomic E-state index is 0.0165. The zero-order chi connectivity index (χ0) is 30.8. The molecule has 4 aliphatic carbocycles. The van der Waals surface area contributed by atoms with Gasteiger partial charge in [0.15, 0.2) is 0 Å². The summed E-state index contributed by atoms with van der Waals surface area (Å²) < 4.78 is 11.1. The van der Waals surface area contributed by atoms with E-state index in [-0.39, 0.29) is 46.1 Å². The lowest BCUT2D eigenvalue weighted by Gasteiger charge is -2.72. The second kappa shape index (κ2) is 10.5. The van der Waals surface area contributed by atoms with Crippen LogP contribution < -0.4 is 0 Å². The Morgan fingerprint density at radius 3 is 2.12 bits per heavy atom. The van der Waals surface area contributed by atoms with Crippen LogP contribution >= 0.6 is 0 Å². The molecule has 4 rings (SSSR count). The SMILES string of the molecule is CCCC1(C(=O)O)CC[C@]2(C)C(CCC3C4(C)CCC(OC(=O)CC(C)(C)C(=O)OC)C(C)(C)C4CCC32C)C1C. The van der Waals surface area contributed by atoms with Gasteiger partial charge in [0.2, 0.25) is 0 Å². The highest BCUT2D eigenvalue weighted by atomic mass is 16.5. The molecule has 4 aliphatic rings.